The SMILES string of the molecule is C[C@@]12CCC[C@H]1[C@@H]1CC[C@@H]3C[C@H](NC(=O)C(=O)O)CC[C@]3(C)[C@H]1CC2. The summed E-state index contributed by atoms with van der Waals surface area (Å²) in [6.07, 6.45) is 12.8. The molecule has 1 amide bonds. The van der Waals surface area contributed by atoms with E-state index < -0.39 is 11.9 Å². The first kappa shape index (κ1) is 17.4. The molecule has 25 heavy (non-hydrogen) atoms. The van der Waals surface area contributed by atoms with E-state index in [0.717, 1.165) is 37.0 Å². The van der Waals surface area contributed by atoms with E-state index in [1.807, 2.05) is 0 Å². The summed E-state index contributed by atoms with van der Waals surface area (Å²) in [5.41, 5.74) is 1.01. The summed E-state index contributed by atoms with van der Waals surface area (Å²) in [5.74, 6) is 1.15. The van der Waals surface area contributed by atoms with Gasteiger partial charge in [-0.25, -0.2) is 4.79 Å². The first-order chi connectivity index (χ1) is 11.8. The smallest absolute Gasteiger partial charge is 0.394 e. The molecule has 4 aliphatic rings. The molecule has 4 fully saturated rings. The third kappa shape index (κ3) is 2.71. The highest BCUT2D eigenvalue weighted by molar-refractivity contribution is 6.31. The molecule has 0 unspecified atom stereocenters. The summed E-state index contributed by atoms with van der Waals surface area (Å²) in [6.45, 7) is 5.06. The molecule has 4 saturated carbocycles. The average Bonchev–Trinajstić information content (AvgIpc) is 2.96. The number of carbonyl (C=O) groups excluding carboxylic acids is 1. The molecule has 7 atom stereocenters. The van der Waals surface area contributed by atoms with Crippen molar-refractivity contribution in [2.24, 2.45) is 34.5 Å². The third-order valence-electron chi connectivity index (χ3n) is 8.98. The lowest BCUT2D eigenvalue weighted by Crippen LogP contribution is -2.55. The van der Waals surface area contributed by atoms with Gasteiger partial charge in [-0.2, -0.15) is 0 Å². The van der Waals surface area contributed by atoms with Crippen LogP contribution < -0.4 is 5.32 Å². The Morgan fingerprint density at radius 2 is 1.76 bits per heavy atom. The quantitative estimate of drug-likeness (QED) is 0.705. The third-order valence-corrected chi connectivity index (χ3v) is 8.98. The van der Waals surface area contributed by atoms with Gasteiger partial charge in [0.2, 0.25) is 0 Å². The van der Waals surface area contributed by atoms with Gasteiger partial charge in [0.25, 0.3) is 0 Å². The van der Waals surface area contributed by atoms with Crippen LogP contribution in [0.25, 0.3) is 0 Å². The monoisotopic (exact) mass is 347 g/mol. The summed E-state index contributed by atoms with van der Waals surface area (Å²) in [4.78, 5) is 22.4. The van der Waals surface area contributed by atoms with Crippen molar-refractivity contribution < 1.29 is 14.7 Å². The van der Waals surface area contributed by atoms with E-state index in [1.165, 1.54) is 44.9 Å². The van der Waals surface area contributed by atoms with Gasteiger partial charge >= 0.3 is 11.9 Å². The van der Waals surface area contributed by atoms with Crippen LogP contribution in [-0.2, 0) is 9.59 Å². The summed E-state index contributed by atoms with van der Waals surface area (Å²) >= 11 is 0. The largest absolute Gasteiger partial charge is 0.474 e. The molecule has 4 rings (SSSR count). The van der Waals surface area contributed by atoms with Crippen molar-refractivity contribution in [3.63, 3.8) is 0 Å². The van der Waals surface area contributed by atoms with Crippen LogP contribution in [0.4, 0.5) is 0 Å². The molecule has 0 radical (unpaired) electrons. The Morgan fingerprint density at radius 1 is 0.960 bits per heavy atom. The molecule has 4 heteroatoms. The standard InChI is InChI=1S/C21H33NO3/c1-20-9-3-4-16(20)15-6-5-13-12-14(22-18(23)19(24)25)7-11-21(13,2)17(15)8-10-20/h13-17H,3-12H2,1-2H3,(H,22,23)(H,24,25)/t13-,14-,15+,16+,17+,20+,21+/m1/s1. The number of nitrogens with one attached hydrogen (secondary N) is 1. The molecular formula is C21H33NO3. The highest BCUT2D eigenvalue weighted by Crippen LogP contribution is 2.66. The molecular weight excluding hydrogens is 314 g/mol. The highest BCUT2D eigenvalue weighted by atomic mass is 16.4. The minimum Gasteiger partial charge on any atom is -0.474 e. The van der Waals surface area contributed by atoms with Gasteiger partial charge < -0.3 is 10.4 Å². The second-order valence-electron chi connectivity index (χ2n) is 9.99. The number of rotatable bonds is 1. The van der Waals surface area contributed by atoms with Gasteiger partial charge in [0.05, 0.1) is 0 Å². The minimum absolute atomic E-state index is 0.0542. The molecule has 140 valence electrons. The fraction of sp³-hybridized carbons (Fsp3) is 0.905. The van der Waals surface area contributed by atoms with E-state index in [0.29, 0.717) is 16.7 Å². The number of hydrogen-bond donors (Lipinski definition) is 2. The van der Waals surface area contributed by atoms with Gasteiger partial charge in [0.15, 0.2) is 0 Å². The van der Waals surface area contributed by atoms with Crippen molar-refractivity contribution in [2.45, 2.75) is 84.1 Å². The maximum Gasteiger partial charge on any atom is 0.394 e. The number of amides is 1. The molecule has 0 aromatic rings. The van der Waals surface area contributed by atoms with E-state index in [9.17, 15) is 9.59 Å². The van der Waals surface area contributed by atoms with E-state index >= 15 is 0 Å². The van der Waals surface area contributed by atoms with Crippen LogP contribution in [0, 0.1) is 34.5 Å². The molecule has 2 N–H and O–H groups in total. The number of aliphatic carboxylic acids is 1. The second kappa shape index (κ2) is 5.99. The van der Waals surface area contributed by atoms with E-state index in [-0.39, 0.29) is 6.04 Å². The minimum atomic E-state index is -1.36. The van der Waals surface area contributed by atoms with Gasteiger partial charge in [0, 0.05) is 6.04 Å². The predicted octanol–water partition coefficient (Wildman–Crippen LogP) is 3.99. The molecule has 4 aliphatic carbocycles. The summed E-state index contributed by atoms with van der Waals surface area (Å²) < 4.78 is 0. The number of hydrogen-bond acceptors (Lipinski definition) is 2. The van der Waals surface area contributed by atoms with Crippen molar-refractivity contribution in [1.29, 1.82) is 0 Å². The number of carbonyl (C=O) groups is 2. The Labute approximate surface area is 151 Å². The van der Waals surface area contributed by atoms with E-state index in [2.05, 4.69) is 19.2 Å². The van der Waals surface area contributed by atoms with Crippen LogP contribution in [0.1, 0.15) is 78.1 Å². The number of carboxylic acids is 1. The summed E-state index contributed by atoms with van der Waals surface area (Å²) in [6, 6.07) is 0.0542. The molecule has 0 aliphatic heterocycles. The van der Waals surface area contributed by atoms with Gasteiger partial charge in [-0.3, -0.25) is 4.79 Å². The zero-order chi connectivity index (χ0) is 17.8. The summed E-state index contributed by atoms with van der Waals surface area (Å²) in [5, 5.41) is 11.6. The van der Waals surface area contributed by atoms with Gasteiger partial charge in [-0.15, -0.1) is 0 Å². The molecule has 0 aromatic carbocycles. The molecule has 4 nitrogen and oxygen atoms in total. The average molecular weight is 347 g/mol. The van der Waals surface area contributed by atoms with Crippen LogP contribution in [0.5, 0.6) is 0 Å². The lowest BCUT2D eigenvalue weighted by atomic mass is 9.45. The second-order valence-corrected chi connectivity index (χ2v) is 9.99. The first-order valence-electron chi connectivity index (χ1n) is 10.4. The van der Waals surface area contributed by atoms with Crippen LogP contribution >= 0.6 is 0 Å². The van der Waals surface area contributed by atoms with Crippen molar-refractivity contribution in [1.82, 2.24) is 5.32 Å². The zero-order valence-corrected chi connectivity index (χ0v) is 15.7. The van der Waals surface area contributed by atoms with Crippen LogP contribution in [-0.4, -0.2) is 23.0 Å². The van der Waals surface area contributed by atoms with Crippen LogP contribution in [0.2, 0.25) is 0 Å². The predicted molar refractivity (Wildman–Crippen MR) is 95.9 cm³/mol. The topological polar surface area (TPSA) is 66.4 Å². The molecule has 0 aromatic heterocycles. The number of carboxylic acid groups (broad SMARTS) is 1. The Bertz CT molecular complexity index is 575. The van der Waals surface area contributed by atoms with Gasteiger partial charge in [0.1, 0.15) is 0 Å². The lowest BCUT2D eigenvalue weighted by molar-refractivity contribution is -0.151. The number of fused-ring (bicyclic) bond motifs is 5. The van der Waals surface area contributed by atoms with Crippen LogP contribution in [0.3, 0.4) is 0 Å². The normalized spacial score (nSPS) is 48.8. The molecule has 0 saturated heterocycles. The first-order valence-corrected chi connectivity index (χ1v) is 10.4. The maximum atomic E-state index is 11.5. The fourth-order valence-electron chi connectivity index (χ4n) is 7.63. The van der Waals surface area contributed by atoms with Crippen molar-refractivity contribution in [2.75, 3.05) is 0 Å². The van der Waals surface area contributed by atoms with Gasteiger partial charge in [-0.1, -0.05) is 20.3 Å². The van der Waals surface area contributed by atoms with Gasteiger partial charge in [-0.05, 0) is 92.3 Å². The maximum absolute atomic E-state index is 11.5. The summed E-state index contributed by atoms with van der Waals surface area (Å²) in [7, 11) is 0. The molecule has 0 bridgehead atoms. The Morgan fingerprint density at radius 3 is 2.52 bits per heavy atom. The Hall–Kier alpha value is -1.06. The van der Waals surface area contributed by atoms with Crippen molar-refractivity contribution in [3.8, 4) is 0 Å². The van der Waals surface area contributed by atoms with E-state index in [4.69, 9.17) is 5.11 Å². The van der Waals surface area contributed by atoms with Crippen molar-refractivity contribution in [3.05, 3.63) is 0 Å². The van der Waals surface area contributed by atoms with Crippen molar-refractivity contribution >= 4 is 11.9 Å². The Kier molecular flexibility index (Phi) is 4.16. The van der Waals surface area contributed by atoms with E-state index in [1.54, 1.807) is 0 Å². The van der Waals surface area contributed by atoms with Crippen LogP contribution in [0.15, 0.2) is 0 Å². The highest BCUT2D eigenvalue weighted by Gasteiger charge is 2.57. The fourth-order valence-corrected chi connectivity index (χ4v) is 7.63. The molecule has 0 spiro atoms. The Balaban J connectivity index is 1.48. The molecule has 0 heterocycles. The zero-order valence-electron chi connectivity index (χ0n) is 15.7. The lowest BCUT2D eigenvalue weighted by Gasteiger charge is -2.60.